The zero-order valence-electron chi connectivity index (χ0n) is 24.1. The Hall–Kier alpha value is -3.36. The van der Waals surface area contributed by atoms with Crippen LogP contribution in [0.2, 0.25) is 0 Å². The molecule has 0 radical (unpaired) electrons. The normalized spacial score (nSPS) is 28.7. The van der Waals surface area contributed by atoms with Crippen LogP contribution in [0.4, 0.5) is 16.2 Å². The molecule has 3 heterocycles. The highest BCUT2D eigenvalue weighted by Gasteiger charge is 2.85. The van der Waals surface area contributed by atoms with E-state index in [-0.39, 0.29) is 17.3 Å². The minimum Gasteiger partial charge on any atom is -0.462 e. The molecule has 7 atom stereocenters. The lowest BCUT2D eigenvalue weighted by atomic mass is 9.97. The van der Waals surface area contributed by atoms with E-state index in [2.05, 4.69) is 20.0 Å². The topological polar surface area (TPSA) is 176 Å². The third-order valence-electron chi connectivity index (χ3n) is 7.34. The molecule has 228 valence electrons. The predicted molar refractivity (Wildman–Crippen MR) is 150 cm³/mol. The van der Waals surface area contributed by atoms with Gasteiger partial charge in [0.15, 0.2) is 34.5 Å². The van der Waals surface area contributed by atoms with Crippen molar-refractivity contribution in [1.29, 1.82) is 0 Å². The average molecular weight is 608 g/mol. The second-order valence-electron chi connectivity index (χ2n) is 10.8. The van der Waals surface area contributed by atoms with Gasteiger partial charge in [-0.1, -0.05) is 18.2 Å². The van der Waals surface area contributed by atoms with Gasteiger partial charge in [0.2, 0.25) is 5.95 Å². The first-order chi connectivity index (χ1) is 19.7. The number of para-hydroxylation sites is 1. The van der Waals surface area contributed by atoms with E-state index in [0.29, 0.717) is 17.9 Å². The number of imidazole rings is 1. The second kappa shape index (κ2) is 10.7. The molecule has 3 aromatic rings. The number of halogens is 1. The number of alkyl halides is 1. The molecule has 1 unspecified atom stereocenters. The van der Waals surface area contributed by atoms with Crippen molar-refractivity contribution < 1.29 is 37.4 Å². The van der Waals surface area contributed by atoms with Crippen molar-refractivity contribution in [2.75, 3.05) is 24.2 Å². The number of hydrogen-bond donors (Lipinski definition) is 3. The molecule has 5 rings (SSSR count). The molecule has 1 aliphatic carbocycles. The van der Waals surface area contributed by atoms with E-state index in [0.717, 1.165) is 6.92 Å². The molecule has 2 aliphatic rings. The van der Waals surface area contributed by atoms with E-state index >= 15 is 4.39 Å². The van der Waals surface area contributed by atoms with Crippen LogP contribution in [0.5, 0.6) is 5.75 Å². The zero-order chi connectivity index (χ0) is 30.6. The van der Waals surface area contributed by atoms with Gasteiger partial charge in [-0.25, -0.2) is 13.9 Å². The molecule has 0 bridgehead atoms. The SMILES string of the molecule is CCN(C)c1nc(N)nc2c1ncn2[C@@H]1O[C@@H]2C(O[P@](=O)(N[C@@H](C)C(=O)OC(C)C)Oc3ccccc3)[C@]2(O)[C@@]1(C)F. The first kappa shape index (κ1) is 30.1. The van der Waals surface area contributed by atoms with E-state index in [1.54, 1.807) is 39.1 Å². The van der Waals surface area contributed by atoms with Crippen LogP contribution in [-0.2, 0) is 23.4 Å². The summed E-state index contributed by atoms with van der Waals surface area (Å²) in [5.74, 6) is -0.128. The van der Waals surface area contributed by atoms with Gasteiger partial charge in [-0.3, -0.25) is 13.9 Å². The monoisotopic (exact) mass is 607 g/mol. The number of fused-ring (bicyclic) bond motifs is 2. The smallest absolute Gasteiger partial charge is 0.459 e. The lowest BCUT2D eigenvalue weighted by molar-refractivity contribution is -0.149. The van der Waals surface area contributed by atoms with Crippen LogP contribution in [0.3, 0.4) is 0 Å². The number of benzene rings is 1. The number of rotatable bonds is 11. The molecule has 16 heteroatoms. The van der Waals surface area contributed by atoms with Gasteiger partial charge in [0, 0.05) is 13.6 Å². The summed E-state index contributed by atoms with van der Waals surface area (Å²) < 4.78 is 54.4. The quantitative estimate of drug-likeness (QED) is 0.214. The maximum absolute atomic E-state index is 16.6. The van der Waals surface area contributed by atoms with Crippen LogP contribution in [-0.4, -0.2) is 79.8 Å². The van der Waals surface area contributed by atoms with E-state index in [1.165, 1.54) is 30.0 Å². The Morgan fingerprint density at radius 3 is 2.60 bits per heavy atom. The number of nitrogens with one attached hydrogen (secondary N) is 1. The number of anilines is 2. The minimum absolute atomic E-state index is 0.0432. The molecule has 1 saturated carbocycles. The van der Waals surface area contributed by atoms with Gasteiger partial charge < -0.3 is 29.7 Å². The minimum atomic E-state index is -4.41. The van der Waals surface area contributed by atoms with Crippen molar-refractivity contribution in [3.05, 3.63) is 36.7 Å². The highest BCUT2D eigenvalue weighted by molar-refractivity contribution is 7.52. The Morgan fingerprint density at radius 2 is 2.00 bits per heavy atom. The molecule has 14 nitrogen and oxygen atoms in total. The molecule has 1 saturated heterocycles. The number of ether oxygens (including phenoxy) is 2. The van der Waals surface area contributed by atoms with Crippen molar-refractivity contribution in [2.45, 2.75) is 76.5 Å². The molecular weight excluding hydrogens is 572 g/mol. The summed E-state index contributed by atoms with van der Waals surface area (Å²) >= 11 is 0. The Labute approximate surface area is 241 Å². The molecule has 1 aliphatic heterocycles. The fraction of sp³-hybridized carbons (Fsp3) is 0.538. The van der Waals surface area contributed by atoms with Gasteiger partial charge in [0.05, 0.1) is 12.4 Å². The van der Waals surface area contributed by atoms with Gasteiger partial charge in [-0.15, -0.1) is 0 Å². The summed E-state index contributed by atoms with van der Waals surface area (Å²) in [6.45, 7) is 8.44. The number of nitrogens with two attached hydrogens (primary N) is 1. The lowest BCUT2D eigenvalue weighted by Crippen LogP contribution is -2.45. The number of nitrogens with zero attached hydrogens (tertiary/aromatic N) is 5. The van der Waals surface area contributed by atoms with E-state index in [4.69, 9.17) is 24.3 Å². The maximum Gasteiger partial charge on any atom is 0.459 e. The van der Waals surface area contributed by atoms with Gasteiger partial charge in [0.1, 0.15) is 24.0 Å². The van der Waals surface area contributed by atoms with E-state index in [1.807, 2.05) is 11.8 Å². The second-order valence-corrected chi connectivity index (χ2v) is 12.5. The number of aliphatic hydroxyl groups is 1. The third kappa shape index (κ3) is 5.09. The number of esters is 1. The van der Waals surface area contributed by atoms with Crippen molar-refractivity contribution in [3.63, 3.8) is 0 Å². The molecule has 0 amide bonds. The van der Waals surface area contributed by atoms with Crippen LogP contribution in [0.1, 0.15) is 40.8 Å². The Balaban J connectivity index is 1.41. The van der Waals surface area contributed by atoms with E-state index in [9.17, 15) is 14.5 Å². The number of hydrogen-bond acceptors (Lipinski definition) is 12. The molecule has 0 spiro atoms. The number of nitrogen functional groups attached to an aromatic ring is 1. The van der Waals surface area contributed by atoms with Crippen LogP contribution in [0, 0.1) is 0 Å². The molecule has 1 aromatic carbocycles. The zero-order valence-corrected chi connectivity index (χ0v) is 25.0. The number of carbonyl (C=O) groups is 1. The van der Waals surface area contributed by atoms with Crippen LogP contribution < -0.4 is 20.2 Å². The van der Waals surface area contributed by atoms with E-state index < -0.39 is 55.6 Å². The summed E-state index contributed by atoms with van der Waals surface area (Å²) in [6, 6.07) is 6.97. The third-order valence-corrected chi connectivity index (χ3v) is 9.00. The number of carbonyl (C=O) groups excluding carboxylic acids is 1. The summed E-state index contributed by atoms with van der Waals surface area (Å²) in [7, 11) is -2.60. The summed E-state index contributed by atoms with van der Waals surface area (Å²) in [5.41, 5.74) is 1.82. The molecule has 42 heavy (non-hydrogen) atoms. The Kier molecular flexibility index (Phi) is 7.69. The lowest BCUT2D eigenvalue weighted by Gasteiger charge is -2.32. The fourth-order valence-corrected chi connectivity index (χ4v) is 6.66. The fourth-order valence-electron chi connectivity index (χ4n) is 4.95. The summed E-state index contributed by atoms with van der Waals surface area (Å²) in [4.78, 5) is 27.1. The first-order valence-electron chi connectivity index (χ1n) is 13.5. The first-order valence-corrected chi connectivity index (χ1v) is 15.1. The highest BCUT2D eigenvalue weighted by Crippen LogP contribution is 2.66. The van der Waals surface area contributed by atoms with Crippen LogP contribution in [0.25, 0.3) is 11.2 Å². The van der Waals surface area contributed by atoms with Crippen molar-refractivity contribution in [3.8, 4) is 5.75 Å². The Morgan fingerprint density at radius 1 is 1.31 bits per heavy atom. The highest BCUT2D eigenvalue weighted by atomic mass is 31.2. The van der Waals surface area contributed by atoms with Crippen molar-refractivity contribution in [1.82, 2.24) is 24.6 Å². The molecule has 2 fully saturated rings. The van der Waals surface area contributed by atoms with Crippen LogP contribution in [0.15, 0.2) is 36.7 Å². The standard InChI is InChI=1S/C26H35FN7O7P/c1-7-33(6)20-17-21(31-24(28)30-20)34(13-29-17)23-25(5,27)26(36)18(39-23)19(26)41-42(37,40-16-11-9-8-10-12-16)32-15(4)22(35)38-14(2)3/h8-15,18-19,23,36H,7H2,1-6H3,(H,32,37)(H2,28,30,31)/t15-,18+,19?,23+,25-,26-,42-/m0/s1. The molecule has 2 aromatic heterocycles. The molecule has 4 N–H and O–H groups in total. The van der Waals surface area contributed by atoms with Crippen molar-refractivity contribution >= 4 is 36.6 Å². The largest absolute Gasteiger partial charge is 0.462 e. The number of aromatic nitrogens is 4. The Bertz CT molecular complexity index is 1520. The van der Waals surface area contributed by atoms with Gasteiger partial charge >= 0.3 is 13.7 Å². The van der Waals surface area contributed by atoms with Gasteiger partial charge in [-0.05, 0) is 46.8 Å². The van der Waals surface area contributed by atoms with Crippen LogP contribution >= 0.6 is 7.75 Å². The van der Waals surface area contributed by atoms with Crippen molar-refractivity contribution in [2.24, 2.45) is 0 Å². The maximum atomic E-state index is 16.6. The summed E-state index contributed by atoms with van der Waals surface area (Å²) in [6.07, 6.45) is -3.11. The molecular formula is C26H35FN7O7P. The average Bonchev–Trinajstić information content (AvgIpc) is 3.17. The summed E-state index contributed by atoms with van der Waals surface area (Å²) in [5, 5.41) is 14.0. The predicted octanol–water partition coefficient (Wildman–Crippen LogP) is 2.74. The van der Waals surface area contributed by atoms with Gasteiger partial charge in [-0.2, -0.15) is 15.1 Å². The van der Waals surface area contributed by atoms with Gasteiger partial charge in [0.25, 0.3) is 0 Å².